The normalized spacial score (nSPS) is 18.6. The number of anilines is 2. The fourth-order valence-electron chi connectivity index (χ4n) is 5.59. The van der Waals surface area contributed by atoms with Crippen molar-refractivity contribution in [3.05, 3.63) is 69.9 Å². The highest BCUT2D eigenvalue weighted by Crippen LogP contribution is 2.51. The largest absolute Gasteiger partial charge is 0.324 e. The summed E-state index contributed by atoms with van der Waals surface area (Å²) in [5, 5.41) is 17.0. The standard InChI is InChI=1S/C27H26N8O/c1-2-34-24(36)20-14-31-25(32-18-3-4-21-17(11-18)13-29-16-27(21)8-9-27)33-23(20)35(34)19-5-10-30-22(12-19)26(15-28)6-7-26/h3-5,10-12,14,29H,2,6-9,13,16H2,1H3,(H,31,32,33). The van der Waals surface area contributed by atoms with Crippen molar-refractivity contribution in [3.8, 4) is 11.8 Å². The van der Waals surface area contributed by atoms with Crippen molar-refractivity contribution in [2.75, 3.05) is 11.9 Å². The Morgan fingerprint density at radius 1 is 1.17 bits per heavy atom. The van der Waals surface area contributed by atoms with Gasteiger partial charge in [-0.25, -0.2) is 14.3 Å². The summed E-state index contributed by atoms with van der Waals surface area (Å²) in [5.74, 6) is 0.430. The van der Waals surface area contributed by atoms with E-state index < -0.39 is 5.41 Å². The molecule has 2 aliphatic carbocycles. The van der Waals surface area contributed by atoms with Crippen LogP contribution >= 0.6 is 0 Å². The molecule has 0 bridgehead atoms. The van der Waals surface area contributed by atoms with Crippen molar-refractivity contribution in [2.45, 2.75) is 56.5 Å². The maximum absolute atomic E-state index is 13.2. The first-order chi connectivity index (χ1) is 17.6. The molecule has 4 aromatic rings. The minimum atomic E-state index is -0.516. The molecule has 0 amide bonds. The number of aromatic nitrogens is 5. The molecule has 180 valence electrons. The van der Waals surface area contributed by atoms with Crippen LogP contribution in [-0.4, -0.2) is 30.9 Å². The van der Waals surface area contributed by atoms with Gasteiger partial charge >= 0.3 is 0 Å². The van der Waals surface area contributed by atoms with Crippen molar-refractivity contribution in [2.24, 2.45) is 0 Å². The molecule has 7 rings (SSSR count). The second-order valence-corrected chi connectivity index (χ2v) is 10.2. The van der Waals surface area contributed by atoms with Crippen LogP contribution in [0.15, 0.2) is 47.5 Å². The summed E-state index contributed by atoms with van der Waals surface area (Å²) in [6.45, 7) is 4.32. The van der Waals surface area contributed by atoms with Gasteiger partial charge in [-0.15, -0.1) is 0 Å². The zero-order valence-corrected chi connectivity index (χ0v) is 20.1. The van der Waals surface area contributed by atoms with Gasteiger partial charge in [0.25, 0.3) is 5.56 Å². The van der Waals surface area contributed by atoms with Crippen LogP contribution in [0.4, 0.5) is 11.6 Å². The first kappa shape index (κ1) is 21.3. The van der Waals surface area contributed by atoms with Gasteiger partial charge in [0.2, 0.25) is 5.95 Å². The van der Waals surface area contributed by atoms with E-state index in [0.29, 0.717) is 28.9 Å². The Kier molecular flexibility index (Phi) is 4.42. The molecular weight excluding hydrogens is 452 g/mol. The topological polar surface area (TPSA) is 113 Å². The first-order valence-corrected chi connectivity index (χ1v) is 12.5. The molecule has 2 fully saturated rings. The van der Waals surface area contributed by atoms with E-state index >= 15 is 0 Å². The molecule has 36 heavy (non-hydrogen) atoms. The van der Waals surface area contributed by atoms with Crippen LogP contribution in [0.2, 0.25) is 0 Å². The van der Waals surface area contributed by atoms with Crippen LogP contribution in [-0.2, 0) is 23.9 Å². The van der Waals surface area contributed by atoms with Crippen LogP contribution in [0.3, 0.4) is 0 Å². The average molecular weight is 479 g/mol. The van der Waals surface area contributed by atoms with Crippen molar-refractivity contribution in [1.29, 1.82) is 5.26 Å². The van der Waals surface area contributed by atoms with Gasteiger partial charge in [-0.2, -0.15) is 10.2 Å². The van der Waals surface area contributed by atoms with Gasteiger partial charge in [-0.1, -0.05) is 6.07 Å². The molecular formula is C27H26N8O. The predicted octanol–water partition coefficient (Wildman–Crippen LogP) is 3.43. The molecule has 1 spiro atoms. The number of rotatable bonds is 5. The second kappa shape index (κ2) is 7.48. The summed E-state index contributed by atoms with van der Waals surface area (Å²) in [7, 11) is 0. The van der Waals surface area contributed by atoms with Crippen molar-refractivity contribution in [3.63, 3.8) is 0 Å². The van der Waals surface area contributed by atoms with Gasteiger partial charge in [0.15, 0.2) is 5.65 Å². The fraction of sp³-hybridized carbons (Fsp3) is 0.370. The summed E-state index contributed by atoms with van der Waals surface area (Å²) in [4.78, 5) is 26.9. The molecule has 0 atom stereocenters. The summed E-state index contributed by atoms with van der Waals surface area (Å²) >= 11 is 0. The maximum atomic E-state index is 13.2. The molecule has 1 aromatic carbocycles. The Morgan fingerprint density at radius 2 is 2.03 bits per heavy atom. The molecule has 1 aliphatic heterocycles. The Hall–Kier alpha value is -4.03. The number of benzene rings is 1. The average Bonchev–Trinajstić information content (AvgIpc) is 3.83. The summed E-state index contributed by atoms with van der Waals surface area (Å²) in [6, 6.07) is 12.7. The van der Waals surface area contributed by atoms with Crippen LogP contribution in [0, 0.1) is 11.3 Å². The number of hydrogen-bond acceptors (Lipinski definition) is 7. The van der Waals surface area contributed by atoms with E-state index in [1.807, 2.05) is 23.7 Å². The molecule has 0 unspecified atom stereocenters. The Morgan fingerprint density at radius 3 is 2.78 bits per heavy atom. The molecule has 0 saturated heterocycles. The van der Waals surface area contributed by atoms with Crippen LogP contribution in [0.1, 0.15) is 49.4 Å². The van der Waals surface area contributed by atoms with E-state index in [0.717, 1.165) is 43.0 Å². The summed E-state index contributed by atoms with van der Waals surface area (Å²) in [6.07, 6.45) is 7.40. The van der Waals surface area contributed by atoms with Crippen LogP contribution in [0.5, 0.6) is 0 Å². The zero-order valence-electron chi connectivity index (χ0n) is 20.1. The Labute approximate surface area is 207 Å². The second-order valence-electron chi connectivity index (χ2n) is 10.2. The van der Waals surface area contributed by atoms with E-state index in [9.17, 15) is 10.1 Å². The molecule has 2 saturated carbocycles. The molecule has 0 radical (unpaired) electrons. The van der Waals surface area contributed by atoms with Crippen molar-refractivity contribution < 1.29 is 0 Å². The fourth-order valence-corrected chi connectivity index (χ4v) is 5.59. The zero-order chi connectivity index (χ0) is 24.5. The Bertz CT molecular complexity index is 1630. The summed E-state index contributed by atoms with van der Waals surface area (Å²) < 4.78 is 3.46. The number of nitriles is 1. The van der Waals surface area contributed by atoms with Crippen LogP contribution in [0.25, 0.3) is 16.7 Å². The van der Waals surface area contributed by atoms with E-state index in [-0.39, 0.29) is 5.56 Å². The lowest BCUT2D eigenvalue weighted by molar-refractivity contribution is 0.531. The van der Waals surface area contributed by atoms with Crippen LogP contribution < -0.4 is 16.2 Å². The minimum absolute atomic E-state index is 0.145. The van der Waals surface area contributed by atoms with E-state index in [1.165, 1.54) is 24.0 Å². The molecule has 2 N–H and O–H groups in total. The first-order valence-electron chi connectivity index (χ1n) is 12.5. The Balaban J connectivity index is 1.30. The van der Waals surface area contributed by atoms with Gasteiger partial charge in [0, 0.05) is 43.1 Å². The lowest BCUT2D eigenvalue weighted by atomic mass is 9.88. The SMILES string of the molecule is CCn1c(=O)c2cnc(Nc3ccc4c(c3)CNCC43CC3)nc2n1-c1ccnc(C2(C#N)CC2)c1. The van der Waals surface area contributed by atoms with E-state index in [4.69, 9.17) is 4.98 Å². The summed E-state index contributed by atoms with van der Waals surface area (Å²) in [5.41, 5.74) is 5.38. The van der Waals surface area contributed by atoms with Gasteiger partial charge in [-0.05, 0) is 68.0 Å². The number of nitrogens with one attached hydrogen (secondary N) is 2. The molecule has 9 heteroatoms. The lowest BCUT2D eigenvalue weighted by Crippen LogP contribution is -2.33. The van der Waals surface area contributed by atoms with E-state index in [2.05, 4.69) is 44.9 Å². The predicted molar refractivity (Wildman–Crippen MR) is 135 cm³/mol. The van der Waals surface area contributed by atoms with E-state index in [1.54, 1.807) is 17.1 Å². The molecule has 3 aromatic heterocycles. The number of nitrogens with zero attached hydrogens (tertiary/aromatic N) is 6. The highest BCUT2D eigenvalue weighted by Gasteiger charge is 2.47. The quantitative estimate of drug-likeness (QED) is 0.452. The monoisotopic (exact) mass is 478 g/mol. The number of hydrogen-bond donors (Lipinski definition) is 2. The third kappa shape index (κ3) is 3.11. The van der Waals surface area contributed by atoms with Gasteiger partial charge in [0.1, 0.15) is 5.39 Å². The van der Waals surface area contributed by atoms with Gasteiger partial charge in [-0.3, -0.25) is 9.78 Å². The van der Waals surface area contributed by atoms with Gasteiger partial charge in [0.05, 0.1) is 22.9 Å². The van der Waals surface area contributed by atoms with Gasteiger partial charge < -0.3 is 10.6 Å². The highest BCUT2D eigenvalue weighted by atomic mass is 16.1. The molecule has 9 nitrogen and oxygen atoms in total. The molecule has 3 aliphatic rings. The third-order valence-corrected chi connectivity index (χ3v) is 7.98. The maximum Gasteiger partial charge on any atom is 0.278 e. The minimum Gasteiger partial charge on any atom is -0.324 e. The van der Waals surface area contributed by atoms with Crippen molar-refractivity contribution in [1.82, 2.24) is 29.6 Å². The smallest absolute Gasteiger partial charge is 0.278 e. The third-order valence-electron chi connectivity index (χ3n) is 7.98. The number of fused-ring (bicyclic) bond motifs is 3. The lowest BCUT2D eigenvalue weighted by Gasteiger charge is -2.26. The number of pyridine rings is 1. The highest BCUT2D eigenvalue weighted by molar-refractivity contribution is 5.77. The van der Waals surface area contributed by atoms with Crippen molar-refractivity contribution >= 4 is 22.7 Å². The molecule has 4 heterocycles.